The Morgan fingerprint density at radius 1 is 1.38 bits per heavy atom. The van der Waals surface area contributed by atoms with Gasteiger partial charge in [0, 0.05) is 11.6 Å². The summed E-state index contributed by atoms with van der Waals surface area (Å²) in [7, 11) is -2.34. The lowest BCUT2D eigenvalue weighted by molar-refractivity contribution is -0.385. The van der Waals surface area contributed by atoms with E-state index in [0.29, 0.717) is 5.56 Å². The zero-order valence-electron chi connectivity index (χ0n) is 11.8. The molecule has 0 aliphatic rings. The zero-order chi connectivity index (χ0) is 16.0. The lowest BCUT2D eigenvalue weighted by Crippen LogP contribution is -2.25. The number of carbonyl (C=O) groups excluding carboxylic acids is 1. The fourth-order valence-corrected chi connectivity index (χ4v) is 3.10. The number of nitro groups is 1. The number of ether oxygens (including phenoxy) is 1. The second-order valence-corrected chi connectivity index (χ2v) is 7.13. The zero-order valence-corrected chi connectivity index (χ0v) is 12.6. The van der Waals surface area contributed by atoms with Crippen LogP contribution in [0.3, 0.4) is 0 Å². The smallest absolute Gasteiger partial charge is 0.306 e. The fourth-order valence-electron chi connectivity index (χ4n) is 1.80. The molecule has 1 unspecified atom stereocenters. The minimum absolute atomic E-state index is 0.0327. The Kier molecular flexibility index (Phi) is 5.83. The second kappa shape index (κ2) is 7.16. The first-order valence-corrected chi connectivity index (χ1v) is 8.00. The molecule has 0 saturated heterocycles. The van der Waals surface area contributed by atoms with Crippen LogP contribution in [0.5, 0.6) is 0 Å². The van der Waals surface area contributed by atoms with Gasteiger partial charge in [0.2, 0.25) is 0 Å². The SMILES string of the molecule is COC(=O)CC(C)S(=O)(=O)CCc1ccccc1[N+](=O)[O-]. The molecule has 1 atom stereocenters. The van der Waals surface area contributed by atoms with E-state index in [1.54, 1.807) is 6.07 Å². The van der Waals surface area contributed by atoms with E-state index < -0.39 is 26.0 Å². The van der Waals surface area contributed by atoms with Gasteiger partial charge in [0.15, 0.2) is 9.84 Å². The van der Waals surface area contributed by atoms with E-state index in [1.807, 2.05) is 0 Å². The molecule has 1 aromatic carbocycles. The van der Waals surface area contributed by atoms with Gasteiger partial charge in [-0.1, -0.05) is 18.2 Å². The van der Waals surface area contributed by atoms with Crippen molar-refractivity contribution in [3.63, 3.8) is 0 Å². The molecule has 0 heterocycles. The molecular weight excluding hydrogens is 298 g/mol. The summed E-state index contributed by atoms with van der Waals surface area (Å²) >= 11 is 0. The average Bonchev–Trinajstić information content (AvgIpc) is 2.45. The van der Waals surface area contributed by atoms with E-state index in [1.165, 1.54) is 32.2 Å². The number of nitro benzene ring substituents is 1. The number of methoxy groups -OCH3 is 1. The summed E-state index contributed by atoms with van der Waals surface area (Å²) in [5.74, 6) is -0.854. The predicted octanol–water partition coefficient (Wildman–Crippen LogP) is 1.50. The summed E-state index contributed by atoms with van der Waals surface area (Å²) in [6.07, 6.45) is -0.194. The molecule has 0 radical (unpaired) electrons. The lowest BCUT2D eigenvalue weighted by atomic mass is 10.1. The summed E-state index contributed by atoms with van der Waals surface area (Å²) in [6.45, 7) is 1.42. The third kappa shape index (κ3) is 4.82. The number of para-hydroxylation sites is 1. The number of sulfone groups is 1. The third-order valence-electron chi connectivity index (χ3n) is 3.14. The Labute approximate surface area is 123 Å². The summed E-state index contributed by atoms with van der Waals surface area (Å²) in [5, 5.41) is 9.98. The van der Waals surface area contributed by atoms with Gasteiger partial charge in [-0.25, -0.2) is 8.42 Å². The number of nitrogens with zero attached hydrogens (tertiary/aromatic N) is 1. The van der Waals surface area contributed by atoms with Gasteiger partial charge >= 0.3 is 5.97 Å². The molecule has 0 aliphatic carbocycles. The van der Waals surface area contributed by atoms with Crippen LogP contribution in [0, 0.1) is 10.1 Å². The van der Waals surface area contributed by atoms with Crippen molar-refractivity contribution < 1.29 is 22.9 Å². The quantitative estimate of drug-likeness (QED) is 0.429. The number of benzene rings is 1. The molecule has 0 aliphatic heterocycles. The van der Waals surface area contributed by atoms with Gasteiger partial charge in [-0.05, 0) is 13.3 Å². The number of rotatable bonds is 7. The number of hydrogen-bond donors (Lipinski definition) is 0. The maximum Gasteiger partial charge on any atom is 0.306 e. The normalized spacial score (nSPS) is 12.7. The van der Waals surface area contributed by atoms with Crippen LogP contribution in [0.1, 0.15) is 18.9 Å². The number of esters is 1. The Hall–Kier alpha value is -1.96. The van der Waals surface area contributed by atoms with Crippen LogP contribution in [0.2, 0.25) is 0 Å². The van der Waals surface area contributed by atoms with Crippen LogP contribution in [0.25, 0.3) is 0 Å². The van der Waals surface area contributed by atoms with E-state index in [4.69, 9.17) is 0 Å². The number of hydrogen-bond acceptors (Lipinski definition) is 6. The molecule has 0 fully saturated rings. The largest absolute Gasteiger partial charge is 0.469 e. The van der Waals surface area contributed by atoms with Crippen molar-refractivity contribution in [3.8, 4) is 0 Å². The van der Waals surface area contributed by atoms with Crippen LogP contribution in [0.15, 0.2) is 24.3 Å². The van der Waals surface area contributed by atoms with Crippen molar-refractivity contribution in [1.29, 1.82) is 0 Å². The Bertz CT molecular complexity index is 625. The van der Waals surface area contributed by atoms with E-state index in [2.05, 4.69) is 4.74 Å². The summed E-state index contributed by atoms with van der Waals surface area (Å²) in [6, 6.07) is 6.00. The molecular formula is C13H17NO6S. The second-order valence-electron chi connectivity index (χ2n) is 4.59. The molecule has 1 aromatic rings. The van der Waals surface area contributed by atoms with Gasteiger partial charge < -0.3 is 4.74 Å². The molecule has 8 heteroatoms. The monoisotopic (exact) mass is 315 g/mol. The number of aryl methyl sites for hydroxylation is 1. The fraction of sp³-hybridized carbons (Fsp3) is 0.462. The van der Waals surface area contributed by atoms with Crippen molar-refractivity contribution in [2.75, 3.05) is 12.9 Å². The average molecular weight is 315 g/mol. The maximum atomic E-state index is 12.1. The van der Waals surface area contributed by atoms with Gasteiger partial charge in [-0.3, -0.25) is 14.9 Å². The van der Waals surface area contributed by atoms with Crippen molar-refractivity contribution in [3.05, 3.63) is 39.9 Å². The van der Waals surface area contributed by atoms with Gasteiger partial charge in [0.05, 0.1) is 29.5 Å². The molecule has 1 rings (SSSR count). The molecule has 0 spiro atoms. The van der Waals surface area contributed by atoms with Crippen LogP contribution < -0.4 is 0 Å². The van der Waals surface area contributed by atoms with Crippen LogP contribution in [0.4, 0.5) is 5.69 Å². The Morgan fingerprint density at radius 3 is 2.57 bits per heavy atom. The van der Waals surface area contributed by atoms with Gasteiger partial charge in [0.1, 0.15) is 0 Å². The van der Waals surface area contributed by atoms with Crippen molar-refractivity contribution in [1.82, 2.24) is 0 Å². The topological polar surface area (TPSA) is 104 Å². The highest BCUT2D eigenvalue weighted by molar-refractivity contribution is 7.92. The molecule has 7 nitrogen and oxygen atoms in total. The Balaban J connectivity index is 2.78. The predicted molar refractivity (Wildman–Crippen MR) is 76.7 cm³/mol. The highest BCUT2D eigenvalue weighted by atomic mass is 32.2. The van der Waals surface area contributed by atoms with Crippen LogP contribution >= 0.6 is 0 Å². The summed E-state index contributed by atoms with van der Waals surface area (Å²) in [5.41, 5.74) is 0.254. The lowest BCUT2D eigenvalue weighted by Gasteiger charge is -2.11. The highest BCUT2D eigenvalue weighted by Crippen LogP contribution is 2.19. The minimum Gasteiger partial charge on any atom is -0.469 e. The van der Waals surface area contributed by atoms with E-state index >= 15 is 0 Å². The molecule has 0 bridgehead atoms. The van der Waals surface area contributed by atoms with E-state index in [9.17, 15) is 23.3 Å². The van der Waals surface area contributed by atoms with E-state index in [-0.39, 0.29) is 24.3 Å². The van der Waals surface area contributed by atoms with Gasteiger partial charge in [-0.2, -0.15) is 0 Å². The molecule has 116 valence electrons. The van der Waals surface area contributed by atoms with Crippen molar-refractivity contribution >= 4 is 21.5 Å². The summed E-state index contributed by atoms with van der Waals surface area (Å²) in [4.78, 5) is 21.4. The number of carbonyl (C=O) groups is 1. The Morgan fingerprint density at radius 2 is 2.00 bits per heavy atom. The first kappa shape index (κ1) is 17.1. The minimum atomic E-state index is -3.53. The highest BCUT2D eigenvalue weighted by Gasteiger charge is 2.25. The molecule has 0 amide bonds. The van der Waals surface area contributed by atoms with Gasteiger partial charge in [-0.15, -0.1) is 0 Å². The first-order chi connectivity index (χ1) is 9.77. The van der Waals surface area contributed by atoms with Crippen molar-refractivity contribution in [2.45, 2.75) is 25.0 Å². The maximum absolute atomic E-state index is 12.1. The van der Waals surface area contributed by atoms with Crippen LogP contribution in [-0.2, 0) is 25.8 Å². The molecule has 0 saturated carbocycles. The first-order valence-electron chi connectivity index (χ1n) is 6.28. The van der Waals surface area contributed by atoms with Crippen LogP contribution in [-0.4, -0.2) is 37.4 Å². The molecule has 0 aromatic heterocycles. The molecule has 21 heavy (non-hydrogen) atoms. The van der Waals surface area contributed by atoms with Gasteiger partial charge in [0.25, 0.3) is 5.69 Å². The van der Waals surface area contributed by atoms with Crippen molar-refractivity contribution in [2.24, 2.45) is 0 Å². The standard InChI is InChI=1S/C13H17NO6S/c1-10(9-13(15)20-2)21(18,19)8-7-11-5-3-4-6-12(11)14(16)17/h3-6,10H,7-9H2,1-2H3. The molecule has 0 N–H and O–H groups in total. The van der Waals surface area contributed by atoms with E-state index in [0.717, 1.165) is 0 Å². The third-order valence-corrected chi connectivity index (χ3v) is 5.31. The summed E-state index contributed by atoms with van der Waals surface area (Å²) < 4.78 is 28.6.